The van der Waals surface area contributed by atoms with Crippen molar-refractivity contribution in [3.8, 4) is 0 Å². The molecule has 1 aromatic rings. The van der Waals surface area contributed by atoms with Crippen LogP contribution in [-0.4, -0.2) is 26.8 Å². The Hall–Kier alpha value is -1.12. The quantitative estimate of drug-likeness (QED) is 0.712. The molecule has 1 aromatic carbocycles. The van der Waals surface area contributed by atoms with E-state index in [4.69, 9.17) is 4.74 Å². The SMILES string of the molecule is COCC(C)CNC/C=C/c1ccccc1. The van der Waals surface area contributed by atoms with Crippen LogP contribution in [0.2, 0.25) is 0 Å². The molecule has 0 aliphatic rings. The fourth-order valence-corrected chi connectivity index (χ4v) is 1.52. The highest BCUT2D eigenvalue weighted by Gasteiger charge is 1.98. The van der Waals surface area contributed by atoms with Gasteiger partial charge in [0.1, 0.15) is 0 Å². The van der Waals surface area contributed by atoms with Crippen LogP contribution in [-0.2, 0) is 4.74 Å². The molecular weight excluding hydrogens is 198 g/mol. The Kier molecular flexibility index (Phi) is 6.54. The van der Waals surface area contributed by atoms with Gasteiger partial charge in [0, 0.05) is 26.8 Å². The number of hydrogen-bond donors (Lipinski definition) is 1. The molecule has 0 aliphatic carbocycles. The average molecular weight is 219 g/mol. The molecule has 0 spiro atoms. The number of rotatable bonds is 7. The van der Waals surface area contributed by atoms with Gasteiger partial charge in [-0.05, 0) is 11.5 Å². The molecule has 0 saturated carbocycles. The van der Waals surface area contributed by atoms with Gasteiger partial charge in [-0.2, -0.15) is 0 Å². The van der Waals surface area contributed by atoms with Crippen LogP contribution in [0.4, 0.5) is 0 Å². The standard InChI is InChI=1S/C14H21NO/c1-13(12-16-2)11-15-10-6-9-14-7-4-3-5-8-14/h3-9,13,15H,10-12H2,1-2H3/b9-6+. The Balaban J connectivity index is 2.14. The lowest BCUT2D eigenvalue weighted by atomic mass is 10.2. The lowest BCUT2D eigenvalue weighted by Gasteiger charge is -2.09. The number of benzene rings is 1. The summed E-state index contributed by atoms with van der Waals surface area (Å²) in [6, 6.07) is 10.3. The Morgan fingerprint density at radius 2 is 2.06 bits per heavy atom. The molecule has 0 aliphatic heterocycles. The molecule has 88 valence electrons. The van der Waals surface area contributed by atoms with Crippen molar-refractivity contribution in [3.63, 3.8) is 0 Å². The van der Waals surface area contributed by atoms with Gasteiger partial charge in [0.2, 0.25) is 0 Å². The van der Waals surface area contributed by atoms with Crippen LogP contribution in [0.1, 0.15) is 12.5 Å². The van der Waals surface area contributed by atoms with Gasteiger partial charge in [-0.3, -0.25) is 0 Å². The van der Waals surface area contributed by atoms with Gasteiger partial charge in [-0.1, -0.05) is 49.4 Å². The monoisotopic (exact) mass is 219 g/mol. The topological polar surface area (TPSA) is 21.3 Å². The van der Waals surface area contributed by atoms with E-state index in [1.165, 1.54) is 5.56 Å². The van der Waals surface area contributed by atoms with E-state index in [1.807, 2.05) is 18.2 Å². The highest BCUT2D eigenvalue weighted by Crippen LogP contribution is 2.00. The molecule has 1 rings (SSSR count). The molecule has 1 N–H and O–H groups in total. The molecule has 0 fully saturated rings. The van der Waals surface area contributed by atoms with Crippen molar-refractivity contribution in [2.45, 2.75) is 6.92 Å². The zero-order valence-electron chi connectivity index (χ0n) is 10.1. The maximum Gasteiger partial charge on any atom is 0.0499 e. The van der Waals surface area contributed by atoms with E-state index in [-0.39, 0.29) is 0 Å². The Labute approximate surface area is 98.3 Å². The smallest absolute Gasteiger partial charge is 0.0499 e. The summed E-state index contributed by atoms with van der Waals surface area (Å²) in [6.45, 7) is 4.89. The highest BCUT2D eigenvalue weighted by atomic mass is 16.5. The van der Waals surface area contributed by atoms with Crippen molar-refractivity contribution in [1.29, 1.82) is 0 Å². The Bertz CT molecular complexity index is 295. The van der Waals surface area contributed by atoms with Gasteiger partial charge in [0.05, 0.1) is 0 Å². The van der Waals surface area contributed by atoms with E-state index in [0.717, 1.165) is 19.7 Å². The van der Waals surface area contributed by atoms with Crippen LogP contribution < -0.4 is 5.32 Å². The van der Waals surface area contributed by atoms with Crippen LogP contribution >= 0.6 is 0 Å². The van der Waals surface area contributed by atoms with Gasteiger partial charge >= 0.3 is 0 Å². The summed E-state index contributed by atoms with van der Waals surface area (Å²) in [7, 11) is 1.74. The van der Waals surface area contributed by atoms with E-state index >= 15 is 0 Å². The van der Waals surface area contributed by atoms with Crippen molar-refractivity contribution in [3.05, 3.63) is 42.0 Å². The maximum absolute atomic E-state index is 5.07. The summed E-state index contributed by atoms with van der Waals surface area (Å²) in [5.74, 6) is 0.565. The minimum absolute atomic E-state index is 0.565. The van der Waals surface area contributed by atoms with Crippen molar-refractivity contribution in [2.24, 2.45) is 5.92 Å². The van der Waals surface area contributed by atoms with E-state index in [9.17, 15) is 0 Å². The third-order valence-corrected chi connectivity index (χ3v) is 2.32. The molecular formula is C14H21NO. The summed E-state index contributed by atoms with van der Waals surface area (Å²) in [6.07, 6.45) is 4.28. The maximum atomic E-state index is 5.07. The molecule has 0 saturated heterocycles. The summed E-state index contributed by atoms with van der Waals surface area (Å²) >= 11 is 0. The third kappa shape index (κ3) is 5.69. The first-order valence-electron chi connectivity index (χ1n) is 5.74. The molecule has 1 unspecified atom stereocenters. The predicted octanol–water partition coefficient (Wildman–Crippen LogP) is 2.57. The van der Waals surface area contributed by atoms with Crippen molar-refractivity contribution in [2.75, 3.05) is 26.8 Å². The number of nitrogens with one attached hydrogen (secondary N) is 1. The Morgan fingerprint density at radius 1 is 1.31 bits per heavy atom. The molecule has 2 nitrogen and oxygen atoms in total. The molecule has 0 bridgehead atoms. The highest BCUT2D eigenvalue weighted by molar-refractivity contribution is 5.48. The minimum atomic E-state index is 0.565. The van der Waals surface area contributed by atoms with Gasteiger partial charge in [0.25, 0.3) is 0 Å². The molecule has 0 heterocycles. The second-order valence-electron chi connectivity index (χ2n) is 4.03. The lowest BCUT2D eigenvalue weighted by Crippen LogP contribution is -2.23. The fourth-order valence-electron chi connectivity index (χ4n) is 1.52. The van der Waals surface area contributed by atoms with Gasteiger partial charge in [-0.15, -0.1) is 0 Å². The predicted molar refractivity (Wildman–Crippen MR) is 69.4 cm³/mol. The molecule has 2 heteroatoms. The van der Waals surface area contributed by atoms with Gasteiger partial charge in [-0.25, -0.2) is 0 Å². The molecule has 0 radical (unpaired) electrons. The van der Waals surface area contributed by atoms with Crippen molar-refractivity contribution < 1.29 is 4.74 Å². The van der Waals surface area contributed by atoms with Crippen LogP contribution in [0.3, 0.4) is 0 Å². The van der Waals surface area contributed by atoms with Gasteiger partial charge in [0.15, 0.2) is 0 Å². The largest absolute Gasteiger partial charge is 0.384 e. The van der Waals surface area contributed by atoms with Crippen LogP contribution in [0, 0.1) is 5.92 Å². The van der Waals surface area contributed by atoms with E-state index in [1.54, 1.807) is 7.11 Å². The number of hydrogen-bond acceptors (Lipinski definition) is 2. The normalized spacial score (nSPS) is 13.1. The number of methoxy groups -OCH3 is 1. The molecule has 16 heavy (non-hydrogen) atoms. The molecule has 0 amide bonds. The van der Waals surface area contributed by atoms with Crippen molar-refractivity contribution >= 4 is 6.08 Å². The van der Waals surface area contributed by atoms with E-state index in [0.29, 0.717) is 5.92 Å². The number of ether oxygens (including phenoxy) is 1. The summed E-state index contributed by atoms with van der Waals surface area (Å²) in [4.78, 5) is 0. The van der Waals surface area contributed by atoms with Crippen LogP contribution in [0.15, 0.2) is 36.4 Å². The van der Waals surface area contributed by atoms with E-state index in [2.05, 4.69) is 36.5 Å². The molecule has 0 aromatic heterocycles. The first kappa shape index (κ1) is 12.9. The average Bonchev–Trinajstić information content (AvgIpc) is 2.30. The zero-order chi connectivity index (χ0) is 11.6. The summed E-state index contributed by atoms with van der Waals surface area (Å²) in [5.41, 5.74) is 1.24. The zero-order valence-corrected chi connectivity index (χ0v) is 10.1. The summed E-state index contributed by atoms with van der Waals surface area (Å²) in [5, 5.41) is 3.37. The second-order valence-corrected chi connectivity index (χ2v) is 4.03. The first-order chi connectivity index (χ1) is 7.83. The first-order valence-corrected chi connectivity index (χ1v) is 5.74. The third-order valence-electron chi connectivity index (χ3n) is 2.32. The van der Waals surface area contributed by atoms with Crippen LogP contribution in [0.5, 0.6) is 0 Å². The van der Waals surface area contributed by atoms with E-state index < -0.39 is 0 Å². The fraction of sp³-hybridized carbons (Fsp3) is 0.429. The van der Waals surface area contributed by atoms with Crippen LogP contribution in [0.25, 0.3) is 6.08 Å². The second kappa shape index (κ2) is 8.08. The lowest BCUT2D eigenvalue weighted by molar-refractivity contribution is 0.159. The Morgan fingerprint density at radius 3 is 2.75 bits per heavy atom. The van der Waals surface area contributed by atoms with Gasteiger partial charge < -0.3 is 10.1 Å². The van der Waals surface area contributed by atoms with Crippen molar-refractivity contribution in [1.82, 2.24) is 5.32 Å². The molecule has 1 atom stereocenters. The minimum Gasteiger partial charge on any atom is -0.384 e. The summed E-state index contributed by atoms with van der Waals surface area (Å²) < 4.78 is 5.07.